The highest BCUT2D eigenvalue weighted by molar-refractivity contribution is 5.99. The van der Waals surface area contributed by atoms with Crippen molar-refractivity contribution in [2.24, 2.45) is 11.7 Å². The van der Waals surface area contributed by atoms with E-state index in [9.17, 15) is 19.7 Å². The summed E-state index contributed by atoms with van der Waals surface area (Å²) < 4.78 is 0. The van der Waals surface area contributed by atoms with Crippen LogP contribution in [0.25, 0.3) is 0 Å². The number of non-ortho nitro benzene ring substituents is 1. The molecule has 1 aromatic carbocycles. The molecule has 0 saturated heterocycles. The number of carbonyl (C=O) groups excluding carboxylic acids is 1. The summed E-state index contributed by atoms with van der Waals surface area (Å²) in [4.78, 5) is 32.4. The summed E-state index contributed by atoms with van der Waals surface area (Å²) in [6.45, 7) is 0. The van der Waals surface area contributed by atoms with Gasteiger partial charge in [0.2, 0.25) is 0 Å². The minimum absolute atomic E-state index is 0.0305. The molecule has 0 heterocycles. The standard InChI is InChI=1S/C13H15N3O5/c14-12(17)10-6-9(16(20)21)3-4-11(10)15-8-2-1-7(5-8)13(18)19/h3-4,6-8,15H,1-2,5H2,(H2,14,17)(H,18,19)/t7-,8+/m1/s1. The van der Waals surface area contributed by atoms with E-state index in [4.69, 9.17) is 10.8 Å². The number of carbonyl (C=O) groups is 2. The van der Waals surface area contributed by atoms with E-state index in [1.54, 1.807) is 0 Å². The Hall–Kier alpha value is -2.64. The Morgan fingerprint density at radius 1 is 1.38 bits per heavy atom. The van der Waals surface area contributed by atoms with Crippen LogP contribution in [0.15, 0.2) is 18.2 Å². The number of nitro groups is 1. The molecule has 1 saturated carbocycles. The Balaban J connectivity index is 2.18. The van der Waals surface area contributed by atoms with E-state index in [1.807, 2.05) is 0 Å². The summed E-state index contributed by atoms with van der Waals surface area (Å²) in [5.41, 5.74) is 5.44. The molecule has 0 bridgehead atoms. The second kappa shape index (κ2) is 5.78. The van der Waals surface area contributed by atoms with Gasteiger partial charge in [0.1, 0.15) is 0 Å². The number of rotatable bonds is 5. The number of carboxylic acids is 1. The van der Waals surface area contributed by atoms with Gasteiger partial charge in [-0.2, -0.15) is 0 Å². The number of hydrogen-bond acceptors (Lipinski definition) is 5. The first-order valence-corrected chi connectivity index (χ1v) is 6.46. The summed E-state index contributed by atoms with van der Waals surface area (Å²) in [6, 6.07) is 3.73. The zero-order chi connectivity index (χ0) is 15.6. The average Bonchev–Trinajstić information content (AvgIpc) is 2.87. The lowest BCUT2D eigenvalue weighted by Crippen LogP contribution is -2.21. The lowest BCUT2D eigenvalue weighted by Gasteiger charge is -2.16. The number of aliphatic carboxylic acids is 1. The third-order valence-electron chi connectivity index (χ3n) is 3.62. The summed E-state index contributed by atoms with van der Waals surface area (Å²) >= 11 is 0. The molecule has 1 aliphatic carbocycles. The number of hydrogen-bond donors (Lipinski definition) is 3. The van der Waals surface area contributed by atoms with Crippen molar-refractivity contribution in [1.29, 1.82) is 0 Å². The fourth-order valence-electron chi connectivity index (χ4n) is 2.53. The van der Waals surface area contributed by atoms with Gasteiger partial charge in [0, 0.05) is 23.9 Å². The number of anilines is 1. The maximum absolute atomic E-state index is 11.4. The van der Waals surface area contributed by atoms with Gasteiger partial charge in [0.15, 0.2) is 0 Å². The third kappa shape index (κ3) is 3.28. The van der Waals surface area contributed by atoms with Crippen molar-refractivity contribution in [3.05, 3.63) is 33.9 Å². The maximum Gasteiger partial charge on any atom is 0.306 e. The smallest absolute Gasteiger partial charge is 0.306 e. The maximum atomic E-state index is 11.4. The summed E-state index contributed by atoms with van der Waals surface area (Å²) in [5.74, 6) is -2.01. The van der Waals surface area contributed by atoms with Crippen LogP contribution < -0.4 is 11.1 Å². The first-order valence-electron chi connectivity index (χ1n) is 6.46. The number of nitrogens with one attached hydrogen (secondary N) is 1. The number of nitro benzene ring substituents is 1. The highest BCUT2D eigenvalue weighted by Crippen LogP contribution is 2.30. The molecule has 0 aliphatic heterocycles. The van der Waals surface area contributed by atoms with Crippen LogP contribution in [0.2, 0.25) is 0 Å². The van der Waals surface area contributed by atoms with Gasteiger partial charge >= 0.3 is 5.97 Å². The largest absolute Gasteiger partial charge is 0.481 e. The van der Waals surface area contributed by atoms with Crippen molar-refractivity contribution in [1.82, 2.24) is 0 Å². The molecule has 1 amide bonds. The van der Waals surface area contributed by atoms with Crippen LogP contribution in [0.4, 0.5) is 11.4 Å². The van der Waals surface area contributed by atoms with E-state index >= 15 is 0 Å². The zero-order valence-corrected chi connectivity index (χ0v) is 11.1. The number of primary amides is 1. The molecule has 8 nitrogen and oxygen atoms in total. The molecule has 1 aromatic rings. The number of nitrogens with zero attached hydrogens (tertiary/aromatic N) is 1. The van der Waals surface area contributed by atoms with E-state index in [0.717, 1.165) is 6.07 Å². The topological polar surface area (TPSA) is 136 Å². The highest BCUT2D eigenvalue weighted by atomic mass is 16.6. The van der Waals surface area contributed by atoms with Crippen LogP contribution >= 0.6 is 0 Å². The predicted molar refractivity (Wildman–Crippen MR) is 74.0 cm³/mol. The number of nitrogens with two attached hydrogens (primary N) is 1. The van der Waals surface area contributed by atoms with Gasteiger partial charge in [-0.15, -0.1) is 0 Å². The molecule has 0 unspecified atom stereocenters. The SMILES string of the molecule is NC(=O)c1cc([N+](=O)[O-])ccc1N[C@H]1CC[C@@H](C(=O)O)C1. The first kappa shape index (κ1) is 14.8. The van der Waals surface area contributed by atoms with Crippen molar-refractivity contribution in [2.45, 2.75) is 25.3 Å². The first-order chi connectivity index (χ1) is 9.88. The van der Waals surface area contributed by atoms with E-state index in [0.29, 0.717) is 24.9 Å². The van der Waals surface area contributed by atoms with Gasteiger partial charge in [0.05, 0.1) is 16.4 Å². The Morgan fingerprint density at radius 3 is 2.62 bits per heavy atom. The molecule has 2 rings (SSSR count). The van der Waals surface area contributed by atoms with Gasteiger partial charge in [-0.05, 0) is 25.3 Å². The molecule has 4 N–H and O–H groups in total. The highest BCUT2D eigenvalue weighted by Gasteiger charge is 2.30. The van der Waals surface area contributed by atoms with Crippen molar-refractivity contribution >= 4 is 23.3 Å². The van der Waals surface area contributed by atoms with Crippen LogP contribution in [0.3, 0.4) is 0 Å². The molecular formula is C13H15N3O5. The predicted octanol–water partition coefficient (Wildman–Crippen LogP) is 1.36. The van der Waals surface area contributed by atoms with Crippen molar-refractivity contribution in [3.8, 4) is 0 Å². The van der Waals surface area contributed by atoms with E-state index in [1.165, 1.54) is 12.1 Å². The monoisotopic (exact) mass is 293 g/mol. The minimum Gasteiger partial charge on any atom is -0.481 e. The fraction of sp³-hybridized carbons (Fsp3) is 0.385. The van der Waals surface area contributed by atoms with Gasteiger partial charge < -0.3 is 16.2 Å². The molecule has 8 heteroatoms. The van der Waals surface area contributed by atoms with Crippen LogP contribution in [-0.4, -0.2) is 27.9 Å². The fourth-order valence-corrected chi connectivity index (χ4v) is 2.53. The Bertz CT molecular complexity index is 601. The normalized spacial score (nSPS) is 21.0. The molecular weight excluding hydrogens is 278 g/mol. The summed E-state index contributed by atoms with van der Waals surface area (Å²) in [7, 11) is 0. The molecule has 21 heavy (non-hydrogen) atoms. The molecule has 0 aromatic heterocycles. The molecule has 2 atom stereocenters. The molecule has 1 aliphatic rings. The Labute approximate surface area is 120 Å². The van der Waals surface area contributed by atoms with Crippen LogP contribution in [-0.2, 0) is 4.79 Å². The summed E-state index contributed by atoms with van der Waals surface area (Å²) in [5, 5.41) is 22.7. The number of benzene rings is 1. The second-order valence-corrected chi connectivity index (χ2v) is 5.04. The van der Waals surface area contributed by atoms with E-state index in [2.05, 4.69) is 5.32 Å². The Morgan fingerprint density at radius 2 is 2.10 bits per heavy atom. The van der Waals surface area contributed by atoms with Crippen LogP contribution in [0, 0.1) is 16.0 Å². The quantitative estimate of drug-likeness (QED) is 0.554. The number of amides is 1. The van der Waals surface area contributed by atoms with Gasteiger partial charge in [0.25, 0.3) is 11.6 Å². The van der Waals surface area contributed by atoms with Gasteiger partial charge in [-0.25, -0.2) is 0 Å². The molecule has 0 spiro atoms. The van der Waals surface area contributed by atoms with Crippen molar-refractivity contribution in [3.63, 3.8) is 0 Å². The van der Waals surface area contributed by atoms with Gasteiger partial charge in [-0.1, -0.05) is 0 Å². The number of carboxylic acid groups (broad SMARTS) is 1. The van der Waals surface area contributed by atoms with Gasteiger partial charge in [-0.3, -0.25) is 19.7 Å². The lowest BCUT2D eigenvalue weighted by atomic mass is 10.1. The molecule has 112 valence electrons. The van der Waals surface area contributed by atoms with Crippen LogP contribution in [0.5, 0.6) is 0 Å². The average molecular weight is 293 g/mol. The van der Waals surface area contributed by atoms with Crippen molar-refractivity contribution < 1.29 is 19.6 Å². The minimum atomic E-state index is -0.835. The van der Waals surface area contributed by atoms with Crippen LogP contribution in [0.1, 0.15) is 29.6 Å². The lowest BCUT2D eigenvalue weighted by molar-refractivity contribution is -0.384. The summed E-state index contributed by atoms with van der Waals surface area (Å²) in [6.07, 6.45) is 1.67. The van der Waals surface area contributed by atoms with E-state index < -0.39 is 22.7 Å². The molecule has 0 radical (unpaired) electrons. The third-order valence-corrected chi connectivity index (χ3v) is 3.62. The van der Waals surface area contributed by atoms with E-state index in [-0.39, 0.29) is 17.3 Å². The second-order valence-electron chi connectivity index (χ2n) is 5.04. The molecule has 1 fully saturated rings. The zero-order valence-electron chi connectivity index (χ0n) is 11.1. The Kier molecular flexibility index (Phi) is 4.06. The van der Waals surface area contributed by atoms with Crippen molar-refractivity contribution in [2.75, 3.05) is 5.32 Å².